The lowest BCUT2D eigenvalue weighted by Gasteiger charge is -2.05. The summed E-state index contributed by atoms with van der Waals surface area (Å²) in [5, 5.41) is 0. The lowest BCUT2D eigenvalue weighted by atomic mass is 10.0. The summed E-state index contributed by atoms with van der Waals surface area (Å²) in [4.78, 5) is 10.5. The van der Waals surface area contributed by atoms with Crippen molar-refractivity contribution < 1.29 is 4.79 Å². The molecular formula is C14H27NO. The van der Waals surface area contributed by atoms with Gasteiger partial charge in [-0.3, -0.25) is 4.79 Å². The lowest BCUT2D eigenvalue weighted by molar-refractivity contribution is -0.113. The van der Waals surface area contributed by atoms with Crippen molar-refractivity contribution in [1.82, 2.24) is 0 Å². The minimum atomic E-state index is -0.341. The number of hydrogen-bond donors (Lipinski definition) is 1. The fourth-order valence-corrected chi connectivity index (χ4v) is 1.78. The zero-order chi connectivity index (χ0) is 12.2. The van der Waals surface area contributed by atoms with Gasteiger partial charge in [-0.1, -0.05) is 64.9 Å². The summed E-state index contributed by atoms with van der Waals surface area (Å²) in [6.07, 6.45) is 13.9. The average Bonchev–Trinajstić information content (AvgIpc) is 2.25. The molecule has 0 aromatic rings. The van der Waals surface area contributed by atoms with Crippen LogP contribution in [0.4, 0.5) is 0 Å². The van der Waals surface area contributed by atoms with E-state index in [1.165, 1.54) is 51.0 Å². The Morgan fingerprint density at radius 3 is 2.25 bits per heavy atom. The number of hydrogen-bond acceptors (Lipinski definition) is 1. The minimum absolute atomic E-state index is 0.341. The predicted octanol–water partition coefficient (Wildman–Crippen LogP) is 3.80. The second-order valence-electron chi connectivity index (χ2n) is 4.65. The fourth-order valence-electron chi connectivity index (χ4n) is 1.78. The highest BCUT2D eigenvalue weighted by Crippen LogP contribution is 2.13. The summed E-state index contributed by atoms with van der Waals surface area (Å²) >= 11 is 0. The second kappa shape index (κ2) is 10.7. The maximum Gasteiger partial charge on any atom is 0.241 e. The van der Waals surface area contributed by atoms with Crippen LogP contribution in [0.1, 0.15) is 65.2 Å². The number of unbranched alkanes of at least 4 members (excludes halogenated alkanes) is 6. The van der Waals surface area contributed by atoms with E-state index in [0.29, 0.717) is 5.92 Å². The van der Waals surface area contributed by atoms with E-state index in [-0.39, 0.29) is 5.91 Å². The monoisotopic (exact) mass is 225 g/mol. The zero-order valence-electron chi connectivity index (χ0n) is 10.9. The molecule has 1 amide bonds. The molecule has 1 unspecified atom stereocenters. The molecule has 2 nitrogen and oxygen atoms in total. The molecule has 2 heteroatoms. The van der Waals surface area contributed by atoms with E-state index in [1.807, 2.05) is 6.08 Å². The zero-order valence-corrected chi connectivity index (χ0v) is 10.9. The van der Waals surface area contributed by atoms with E-state index >= 15 is 0 Å². The van der Waals surface area contributed by atoms with Crippen molar-refractivity contribution >= 4 is 5.91 Å². The van der Waals surface area contributed by atoms with Gasteiger partial charge < -0.3 is 5.73 Å². The number of amides is 1. The molecule has 94 valence electrons. The molecule has 16 heavy (non-hydrogen) atoms. The molecule has 2 N–H and O–H groups in total. The first-order valence-corrected chi connectivity index (χ1v) is 6.64. The summed E-state index contributed by atoms with van der Waals surface area (Å²) in [7, 11) is 0. The van der Waals surface area contributed by atoms with Crippen LogP contribution in [0.15, 0.2) is 12.2 Å². The molecule has 0 aliphatic carbocycles. The molecule has 0 spiro atoms. The Kier molecular flexibility index (Phi) is 10.2. The number of rotatable bonds is 10. The minimum Gasteiger partial charge on any atom is -0.366 e. The molecule has 0 saturated heterocycles. The number of primary amides is 1. The number of carbonyl (C=O) groups excluding carboxylic acids is 1. The fraction of sp³-hybridized carbons (Fsp3) is 0.786. The molecule has 0 radical (unpaired) electrons. The Morgan fingerprint density at radius 1 is 1.12 bits per heavy atom. The standard InChI is InChI=1S/C14H27NO/c1-3-4-5-6-7-8-9-10-13(2)11-12-14(15)16/h11-13H,3-10H2,1-2H3,(H2,15,16)/b12-11+. The first-order chi connectivity index (χ1) is 7.66. The third kappa shape index (κ3) is 11.3. The van der Waals surface area contributed by atoms with Crippen LogP contribution in [0.2, 0.25) is 0 Å². The van der Waals surface area contributed by atoms with Gasteiger partial charge in [0.05, 0.1) is 0 Å². The first-order valence-electron chi connectivity index (χ1n) is 6.64. The Morgan fingerprint density at radius 2 is 1.69 bits per heavy atom. The van der Waals surface area contributed by atoms with Crippen LogP contribution in [0, 0.1) is 5.92 Å². The Balaban J connectivity index is 3.27. The van der Waals surface area contributed by atoms with Gasteiger partial charge in [-0.25, -0.2) is 0 Å². The van der Waals surface area contributed by atoms with E-state index in [9.17, 15) is 4.79 Å². The quantitative estimate of drug-likeness (QED) is 0.446. The van der Waals surface area contributed by atoms with Gasteiger partial charge in [0.2, 0.25) is 5.91 Å². The van der Waals surface area contributed by atoms with Gasteiger partial charge in [0.25, 0.3) is 0 Å². The molecular weight excluding hydrogens is 198 g/mol. The normalized spacial score (nSPS) is 13.1. The number of carbonyl (C=O) groups is 1. The topological polar surface area (TPSA) is 43.1 Å². The van der Waals surface area contributed by atoms with E-state index in [2.05, 4.69) is 13.8 Å². The second-order valence-corrected chi connectivity index (χ2v) is 4.65. The molecule has 0 aromatic carbocycles. The number of allylic oxidation sites excluding steroid dienone is 1. The van der Waals surface area contributed by atoms with Crippen molar-refractivity contribution in [3.63, 3.8) is 0 Å². The van der Waals surface area contributed by atoms with Gasteiger partial charge >= 0.3 is 0 Å². The van der Waals surface area contributed by atoms with Gasteiger partial charge in [-0.05, 0) is 18.4 Å². The summed E-state index contributed by atoms with van der Waals surface area (Å²) in [6, 6.07) is 0. The summed E-state index contributed by atoms with van der Waals surface area (Å²) in [5.41, 5.74) is 5.04. The van der Waals surface area contributed by atoms with Crippen molar-refractivity contribution in [1.29, 1.82) is 0 Å². The molecule has 1 atom stereocenters. The largest absolute Gasteiger partial charge is 0.366 e. The molecule has 0 aromatic heterocycles. The van der Waals surface area contributed by atoms with Crippen molar-refractivity contribution in [2.24, 2.45) is 11.7 Å². The van der Waals surface area contributed by atoms with Crippen molar-refractivity contribution in [3.05, 3.63) is 12.2 Å². The van der Waals surface area contributed by atoms with Gasteiger partial charge in [0, 0.05) is 0 Å². The van der Waals surface area contributed by atoms with Gasteiger partial charge in [-0.2, -0.15) is 0 Å². The highest BCUT2D eigenvalue weighted by molar-refractivity contribution is 5.85. The van der Waals surface area contributed by atoms with Crippen LogP contribution in [0.3, 0.4) is 0 Å². The van der Waals surface area contributed by atoms with E-state index in [1.54, 1.807) is 0 Å². The van der Waals surface area contributed by atoms with Crippen molar-refractivity contribution in [2.45, 2.75) is 65.2 Å². The van der Waals surface area contributed by atoms with Gasteiger partial charge in [0.1, 0.15) is 0 Å². The molecule has 0 bridgehead atoms. The molecule has 0 aliphatic heterocycles. The molecule has 0 rings (SSSR count). The van der Waals surface area contributed by atoms with Crippen molar-refractivity contribution in [2.75, 3.05) is 0 Å². The average molecular weight is 225 g/mol. The lowest BCUT2D eigenvalue weighted by Crippen LogP contribution is -2.06. The summed E-state index contributed by atoms with van der Waals surface area (Å²) in [6.45, 7) is 4.38. The van der Waals surface area contributed by atoms with Gasteiger partial charge in [0.15, 0.2) is 0 Å². The summed E-state index contributed by atoms with van der Waals surface area (Å²) < 4.78 is 0. The van der Waals surface area contributed by atoms with Crippen LogP contribution in [0.5, 0.6) is 0 Å². The Bertz CT molecular complexity index is 199. The van der Waals surface area contributed by atoms with Crippen molar-refractivity contribution in [3.8, 4) is 0 Å². The van der Waals surface area contributed by atoms with Crippen LogP contribution >= 0.6 is 0 Å². The first kappa shape index (κ1) is 15.2. The highest BCUT2D eigenvalue weighted by atomic mass is 16.1. The highest BCUT2D eigenvalue weighted by Gasteiger charge is 1.97. The molecule has 0 aliphatic rings. The van der Waals surface area contributed by atoms with Crippen LogP contribution in [0.25, 0.3) is 0 Å². The Hall–Kier alpha value is -0.790. The molecule has 0 heterocycles. The van der Waals surface area contributed by atoms with E-state index < -0.39 is 0 Å². The third-order valence-corrected chi connectivity index (χ3v) is 2.85. The maximum absolute atomic E-state index is 10.5. The summed E-state index contributed by atoms with van der Waals surface area (Å²) in [5.74, 6) is 0.134. The third-order valence-electron chi connectivity index (χ3n) is 2.85. The van der Waals surface area contributed by atoms with Gasteiger partial charge in [-0.15, -0.1) is 0 Å². The van der Waals surface area contributed by atoms with Crippen LogP contribution < -0.4 is 5.73 Å². The Labute approximate surface area is 100 Å². The number of nitrogens with two attached hydrogens (primary N) is 1. The van der Waals surface area contributed by atoms with Crippen LogP contribution in [-0.4, -0.2) is 5.91 Å². The SMILES string of the molecule is CCCCCCCCCC(C)/C=C/C(N)=O. The maximum atomic E-state index is 10.5. The van der Waals surface area contributed by atoms with E-state index in [4.69, 9.17) is 5.73 Å². The van der Waals surface area contributed by atoms with Crippen LogP contribution in [-0.2, 0) is 4.79 Å². The molecule has 0 fully saturated rings. The predicted molar refractivity (Wildman–Crippen MR) is 70.1 cm³/mol. The van der Waals surface area contributed by atoms with E-state index in [0.717, 1.165) is 6.42 Å². The molecule has 0 saturated carbocycles. The smallest absolute Gasteiger partial charge is 0.241 e.